The molecule has 0 spiro atoms. The number of aliphatic hydroxyl groups excluding tert-OH is 2. The van der Waals surface area contributed by atoms with Gasteiger partial charge in [-0.25, -0.2) is 0 Å². The van der Waals surface area contributed by atoms with Crippen molar-refractivity contribution in [2.75, 3.05) is 13.7 Å². The molecule has 0 bridgehead atoms. The van der Waals surface area contributed by atoms with Crippen LogP contribution in [0.25, 0.3) is 0 Å². The van der Waals surface area contributed by atoms with E-state index in [4.69, 9.17) is 10.5 Å². The SMILES string of the molecule is COc1ccc(C(=O)N[C@@H]2C[C@@](O)(C(=O)NCC(N)=O)C[C@@H](O)[C@@H]2O)cc1. The Hall–Kier alpha value is -2.69. The van der Waals surface area contributed by atoms with Crippen LogP contribution < -0.4 is 21.1 Å². The van der Waals surface area contributed by atoms with Gasteiger partial charge in [0.2, 0.25) is 5.91 Å². The fraction of sp³-hybridized carbons (Fsp3) is 0.471. The fourth-order valence-electron chi connectivity index (χ4n) is 2.95. The number of ether oxygens (including phenoxy) is 1. The van der Waals surface area contributed by atoms with E-state index in [1.165, 1.54) is 19.2 Å². The fourth-order valence-corrected chi connectivity index (χ4v) is 2.95. The molecule has 148 valence electrons. The monoisotopic (exact) mass is 381 g/mol. The number of amides is 3. The van der Waals surface area contributed by atoms with E-state index in [0.29, 0.717) is 5.75 Å². The van der Waals surface area contributed by atoms with Gasteiger partial charge in [-0.3, -0.25) is 14.4 Å². The van der Waals surface area contributed by atoms with Crippen molar-refractivity contribution in [1.29, 1.82) is 0 Å². The summed E-state index contributed by atoms with van der Waals surface area (Å²) in [4.78, 5) is 35.3. The van der Waals surface area contributed by atoms with E-state index in [-0.39, 0.29) is 12.0 Å². The normalized spacial score (nSPS) is 27.5. The molecule has 1 aromatic rings. The minimum atomic E-state index is -2.08. The molecule has 10 nitrogen and oxygen atoms in total. The molecule has 1 aliphatic rings. The third kappa shape index (κ3) is 4.94. The van der Waals surface area contributed by atoms with E-state index in [1.807, 2.05) is 0 Å². The molecule has 0 heterocycles. The number of primary amides is 1. The van der Waals surface area contributed by atoms with Crippen molar-refractivity contribution >= 4 is 17.7 Å². The second-order valence-corrected chi connectivity index (χ2v) is 6.46. The first kappa shape index (κ1) is 20.6. The number of methoxy groups -OCH3 is 1. The Morgan fingerprint density at radius 3 is 2.41 bits per heavy atom. The van der Waals surface area contributed by atoms with Crippen LogP contribution in [-0.2, 0) is 9.59 Å². The van der Waals surface area contributed by atoms with E-state index in [1.54, 1.807) is 12.1 Å². The van der Waals surface area contributed by atoms with Gasteiger partial charge in [0.1, 0.15) is 17.5 Å². The van der Waals surface area contributed by atoms with Crippen LogP contribution in [0.5, 0.6) is 5.75 Å². The topological polar surface area (TPSA) is 171 Å². The minimum absolute atomic E-state index is 0.268. The third-order valence-corrected chi connectivity index (χ3v) is 4.43. The van der Waals surface area contributed by atoms with Crippen LogP contribution in [0.4, 0.5) is 0 Å². The van der Waals surface area contributed by atoms with Gasteiger partial charge in [0.25, 0.3) is 11.8 Å². The molecule has 7 N–H and O–H groups in total. The van der Waals surface area contributed by atoms with Gasteiger partial charge in [-0.05, 0) is 24.3 Å². The van der Waals surface area contributed by atoms with E-state index in [9.17, 15) is 29.7 Å². The molecule has 0 aliphatic heterocycles. The molecule has 0 radical (unpaired) electrons. The van der Waals surface area contributed by atoms with Gasteiger partial charge >= 0.3 is 0 Å². The maximum atomic E-state index is 12.4. The number of carbonyl (C=O) groups is 3. The lowest BCUT2D eigenvalue weighted by atomic mass is 9.77. The van der Waals surface area contributed by atoms with Gasteiger partial charge < -0.3 is 36.4 Å². The average molecular weight is 381 g/mol. The summed E-state index contributed by atoms with van der Waals surface area (Å²) in [5, 5.41) is 35.4. The molecule has 1 aromatic carbocycles. The zero-order chi connectivity index (χ0) is 20.2. The Morgan fingerprint density at radius 2 is 1.85 bits per heavy atom. The molecule has 1 saturated carbocycles. The second kappa shape index (κ2) is 8.33. The van der Waals surface area contributed by atoms with Gasteiger partial charge in [-0.2, -0.15) is 0 Å². The highest BCUT2D eigenvalue weighted by Crippen LogP contribution is 2.30. The number of aliphatic hydroxyl groups is 3. The molecule has 3 amide bonds. The first-order chi connectivity index (χ1) is 12.7. The highest BCUT2D eigenvalue weighted by atomic mass is 16.5. The zero-order valence-electron chi connectivity index (χ0n) is 14.7. The molecule has 0 saturated heterocycles. The average Bonchev–Trinajstić information content (AvgIpc) is 2.63. The van der Waals surface area contributed by atoms with Crippen molar-refractivity contribution in [3.63, 3.8) is 0 Å². The predicted octanol–water partition coefficient (Wildman–Crippen LogP) is -2.36. The van der Waals surface area contributed by atoms with Gasteiger partial charge in [0.15, 0.2) is 0 Å². The highest BCUT2D eigenvalue weighted by Gasteiger charge is 2.49. The Balaban J connectivity index is 2.10. The zero-order valence-corrected chi connectivity index (χ0v) is 14.7. The molecule has 27 heavy (non-hydrogen) atoms. The van der Waals surface area contributed by atoms with E-state index < -0.39 is 54.5 Å². The van der Waals surface area contributed by atoms with Crippen molar-refractivity contribution in [1.82, 2.24) is 10.6 Å². The van der Waals surface area contributed by atoms with Gasteiger partial charge in [-0.1, -0.05) is 0 Å². The van der Waals surface area contributed by atoms with Crippen LogP contribution >= 0.6 is 0 Å². The van der Waals surface area contributed by atoms with Crippen LogP contribution in [-0.4, -0.2) is 70.5 Å². The second-order valence-electron chi connectivity index (χ2n) is 6.46. The van der Waals surface area contributed by atoms with E-state index in [0.717, 1.165) is 0 Å². The number of nitrogens with one attached hydrogen (secondary N) is 2. The molecule has 0 aromatic heterocycles. The molecular weight excluding hydrogens is 358 g/mol. The molecule has 1 fully saturated rings. The minimum Gasteiger partial charge on any atom is -0.497 e. The van der Waals surface area contributed by atoms with Crippen molar-refractivity contribution < 1.29 is 34.4 Å². The van der Waals surface area contributed by atoms with Crippen LogP contribution in [0.15, 0.2) is 24.3 Å². The van der Waals surface area contributed by atoms with Crippen molar-refractivity contribution in [2.45, 2.75) is 36.7 Å². The maximum Gasteiger partial charge on any atom is 0.252 e. The summed E-state index contributed by atoms with van der Waals surface area (Å²) in [6.45, 7) is -0.483. The predicted molar refractivity (Wildman–Crippen MR) is 92.6 cm³/mol. The van der Waals surface area contributed by atoms with Crippen LogP contribution in [0, 0.1) is 0 Å². The summed E-state index contributed by atoms with van der Waals surface area (Å²) in [7, 11) is 1.49. The summed E-state index contributed by atoms with van der Waals surface area (Å²) in [6.07, 6.45) is -3.63. The highest BCUT2D eigenvalue weighted by molar-refractivity contribution is 5.95. The number of nitrogens with two attached hydrogens (primary N) is 1. The van der Waals surface area contributed by atoms with Crippen LogP contribution in [0.1, 0.15) is 23.2 Å². The molecule has 1 aliphatic carbocycles. The lowest BCUT2D eigenvalue weighted by molar-refractivity contribution is -0.158. The standard InChI is InChI=1S/C17H23N3O7/c1-27-10-4-2-9(3-5-10)15(24)20-11-6-17(26,7-12(21)14(11)23)16(25)19-8-13(18)22/h2-5,11-12,14,21,23,26H,6-8H2,1H3,(H2,18,22)(H,19,25)(H,20,24)/t11-,12-,14-,17+/m1/s1. The Morgan fingerprint density at radius 1 is 1.22 bits per heavy atom. The Labute approximate surface area is 155 Å². The van der Waals surface area contributed by atoms with Gasteiger partial charge in [0, 0.05) is 18.4 Å². The maximum absolute atomic E-state index is 12.4. The number of benzene rings is 1. The third-order valence-electron chi connectivity index (χ3n) is 4.43. The van der Waals surface area contributed by atoms with E-state index in [2.05, 4.69) is 10.6 Å². The molecule has 4 atom stereocenters. The molecule has 0 unspecified atom stereocenters. The largest absolute Gasteiger partial charge is 0.497 e. The van der Waals surface area contributed by atoms with Crippen molar-refractivity contribution in [3.05, 3.63) is 29.8 Å². The number of rotatable bonds is 6. The van der Waals surface area contributed by atoms with Crippen LogP contribution in [0.3, 0.4) is 0 Å². The number of hydrogen-bond acceptors (Lipinski definition) is 7. The van der Waals surface area contributed by atoms with Gasteiger partial charge in [-0.15, -0.1) is 0 Å². The molecular formula is C17H23N3O7. The summed E-state index contributed by atoms with van der Waals surface area (Å²) >= 11 is 0. The first-order valence-corrected chi connectivity index (χ1v) is 8.26. The van der Waals surface area contributed by atoms with Gasteiger partial charge in [0.05, 0.1) is 25.8 Å². The van der Waals surface area contributed by atoms with Crippen molar-refractivity contribution in [2.24, 2.45) is 5.73 Å². The summed E-state index contributed by atoms with van der Waals surface area (Å²) in [5.74, 6) is -1.72. The van der Waals surface area contributed by atoms with E-state index >= 15 is 0 Å². The molecule has 2 rings (SSSR count). The lowest BCUT2D eigenvalue weighted by Crippen LogP contribution is -2.63. The van der Waals surface area contributed by atoms with Crippen LogP contribution in [0.2, 0.25) is 0 Å². The smallest absolute Gasteiger partial charge is 0.252 e. The first-order valence-electron chi connectivity index (χ1n) is 8.26. The van der Waals surface area contributed by atoms with Crippen molar-refractivity contribution in [3.8, 4) is 5.75 Å². The number of hydrogen-bond donors (Lipinski definition) is 6. The quantitative estimate of drug-likeness (QED) is 0.320. The summed E-state index contributed by atoms with van der Waals surface area (Å²) in [6, 6.07) is 5.08. The summed E-state index contributed by atoms with van der Waals surface area (Å²) in [5.41, 5.74) is 3.14. The summed E-state index contributed by atoms with van der Waals surface area (Å²) < 4.78 is 5.01. The Bertz CT molecular complexity index is 709. The Kier molecular flexibility index (Phi) is 6.37. The lowest BCUT2D eigenvalue weighted by Gasteiger charge is -2.41. The number of carbonyl (C=O) groups excluding carboxylic acids is 3. The molecule has 10 heteroatoms.